The Morgan fingerprint density at radius 3 is 1.85 bits per heavy atom. The molecule has 1 heterocycles. The molecule has 0 amide bonds. The van der Waals surface area contributed by atoms with Crippen molar-refractivity contribution in [2.75, 3.05) is 0 Å². The highest BCUT2D eigenvalue weighted by Gasteiger charge is 2.20. The minimum Gasteiger partial charge on any atom is -0.309 e. The zero-order valence-electron chi connectivity index (χ0n) is 22.1. The van der Waals surface area contributed by atoms with Crippen molar-refractivity contribution in [3.05, 3.63) is 157 Å². The van der Waals surface area contributed by atoms with Crippen molar-refractivity contribution in [3.8, 4) is 45.1 Å². The quantitative estimate of drug-likeness (QED) is 0.212. The van der Waals surface area contributed by atoms with E-state index >= 15 is 0 Å². The Hall–Kier alpha value is -5.90. The van der Waals surface area contributed by atoms with Crippen LogP contribution in [0.1, 0.15) is 5.56 Å². The average Bonchev–Trinajstić information content (AvgIpc) is 3.39. The van der Waals surface area contributed by atoms with E-state index < -0.39 is 0 Å². The number of rotatable bonds is 4. The van der Waals surface area contributed by atoms with Crippen LogP contribution in [0, 0.1) is 17.9 Å². The maximum absolute atomic E-state index is 9.99. The van der Waals surface area contributed by atoms with Gasteiger partial charge in [-0.05, 0) is 64.2 Å². The molecule has 7 rings (SSSR count). The lowest BCUT2D eigenvalue weighted by Gasteiger charge is -2.14. The number of nitrogens with zero attached hydrogens (tertiary/aromatic N) is 3. The van der Waals surface area contributed by atoms with Gasteiger partial charge in [0.2, 0.25) is 0 Å². The van der Waals surface area contributed by atoms with Crippen LogP contribution in [-0.4, -0.2) is 4.57 Å². The summed E-state index contributed by atoms with van der Waals surface area (Å²) in [6, 6.07) is 49.9. The fraction of sp³-hybridized carbons (Fsp3) is 0. The summed E-state index contributed by atoms with van der Waals surface area (Å²) in [7, 11) is 0. The second-order valence-electron chi connectivity index (χ2n) is 9.98. The maximum atomic E-state index is 9.99. The fourth-order valence-corrected chi connectivity index (χ4v) is 5.85. The van der Waals surface area contributed by atoms with Crippen LogP contribution in [0.25, 0.3) is 65.7 Å². The first kappa shape index (κ1) is 24.2. The number of para-hydroxylation sites is 1. The molecule has 3 heteroatoms. The first-order valence-corrected chi connectivity index (χ1v) is 13.5. The molecule has 7 aromatic rings. The summed E-state index contributed by atoms with van der Waals surface area (Å²) < 4.78 is 2.31. The van der Waals surface area contributed by atoms with Gasteiger partial charge in [0.05, 0.1) is 23.7 Å². The van der Waals surface area contributed by atoms with E-state index in [0.29, 0.717) is 16.8 Å². The van der Waals surface area contributed by atoms with Gasteiger partial charge in [-0.2, -0.15) is 5.26 Å². The number of hydrogen-bond donors (Lipinski definition) is 0. The van der Waals surface area contributed by atoms with E-state index in [0.717, 1.165) is 55.3 Å². The molecule has 0 saturated carbocycles. The zero-order chi connectivity index (χ0) is 27.8. The molecule has 0 N–H and O–H groups in total. The highest BCUT2D eigenvalue weighted by Crippen LogP contribution is 2.43. The maximum Gasteiger partial charge on any atom is 0.196 e. The largest absolute Gasteiger partial charge is 0.309 e. The van der Waals surface area contributed by atoms with E-state index in [9.17, 15) is 5.26 Å². The number of hydrogen-bond acceptors (Lipinski definition) is 1. The van der Waals surface area contributed by atoms with E-state index in [2.05, 4.69) is 106 Å². The van der Waals surface area contributed by atoms with Crippen molar-refractivity contribution < 1.29 is 0 Å². The Balaban J connectivity index is 1.59. The van der Waals surface area contributed by atoms with E-state index in [1.165, 1.54) is 0 Å². The van der Waals surface area contributed by atoms with Gasteiger partial charge >= 0.3 is 0 Å². The SMILES string of the molecule is [C-]#[N+]c1cccc(C#N)c1-c1cccc2c1c1ccccc1n2-c1cc(-c2ccccc2)cc(-c2ccccc2)c1. The fourth-order valence-electron chi connectivity index (χ4n) is 5.85. The van der Waals surface area contributed by atoms with Gasteiger partial charge in [0, 0.05) is 27.6 Å². The predicted molar refractivity (Wildman–Crippen MR) is 168 cm³/mol. The molecule has 0 aliphatic carbocycles. The first-order valence-electron chi connectivity index (χ1n) is 13.5. The van der Waals surface area contributed by atoms with Crippen molar-refractivity contribution in [2.45, 2.75) is 0 Å². The number of nitriles is 1. The molecule has 0 aliphatic rings. The summed E-state index contributed by atoms with van der Waals surface area (Å²) in [5.74, 6) is 0. The molecule has 1 aromatic heterocycles. The van der Waals surface area contributed by atoms with Crippen LogP contribution in [0.4, 0.5) is 5.69 Å². The minimum absolute atomic E-state index is 0.478. The molecule has 0 unspecified atom stereocenters. The molecule has 41 heavy (non-hydrogen) atoms. The van der Waals surface area contributed by atoms with Crippen molar-refractivity contribution in [1.82, 2.24) is 4.57 Å². The molecule has 0 radical (unpaired) electrons. The van der Waals surface area contributed by atoms with Gasteiger partial charge < -0.3 is 4.57 Å². The average molecular weight is 522 g/mol. The van der Waals surface area contributed by atoms with Crippen LogP contribution in [0.15, 0.2) is 140 Å². The van der Waals surface area contributed by atoms with E-state index in [4.69, 9.17) is 6.57 Å². The molecule has 0 fully saturated rings. The lowest BCUT2D eigenvalue weighted by molar-refractivity contribution is 1.18. The molecule has 190 valence electrons. The molecule has 0 spiro atoms. The second-order valence-corrected chi connectivity index (χ2v) is 9.98. The van der Waals surface area contributed by atoms with Crippen LogP contribution in [0.2, 0.25) is 0 Å². The summed E-state index contributed by atoms with van der Waals surface area (Å²) >= 11 is 0. The van der Waals surface area contributed by atoms with Crippen molar-refractivity contribution in [2.24, 2.45) is 0 Å². The van der Waals surface area contributed by atoms with Crippen molar-refractivity contribution in [3.63, 3.8) is 0 Å². The third-order valence-corrected chi connectivity index (χ3v) is 7.64. The number of aromatic nitrogens is 1. The van der Waals surface area contributed by atoms with Gasteiger partial charge in [-0.25, -0.2) is 4.85 Å². The van der Waals surface area contributed by atoms with E-state index in [-0.39, 0.29) is 0 Å². The van der Waals surface area contributed by atoms with E-state index in [1.54, 1.807) is 18.2 Å². The Morgan fingerprint density at radius 2 is 1.20 bits per heavy atom. The monoisotopic (exact) mass is 521 g/mol. The summed E-state index contributed by atoms with van der Waals surface area (Å²) in [6.07, 6.45) is 0. The molecule has 3 nitrogen and oxygen atoms in total. The smallest absolute Gasteiger partial charge is 0.196 e. The Bertz CT molecular complexity index is 2070. The second kappa shape index (κ2) is 10.0. The van der Waals surface area contributed by atoms with Gasteiger partial charge in [0.15, 0.2) is 5.69 Å². The van der Waals surface area contributed by atoms with Gasteiger partial charge in [-0.15, -0.1) is 0 Å². The first-order chi connectivity index (χ1) is 20.3. The molecule has 0 atom stereocenters. The van der Waals surface area contributed by atoms with Gasteiger partial charge in [-0.3, -0.25) is 0 Å². The van der Waals surface area contributed by atoms with Crippen molar-refractivity contribution >= 4 is 27.5 Å². The Labute approximate surface area is 238 Å². The molecule has 6 aromatic carbocycles. The van der Waals surface area contributed by atoms with E-state index in [1.807, 2.05) is 30.3 Å². The molecule has 0 bridgehead atoms. The number of benzene rings is 6. The van der Waals surface area contributed by atoms with Crippen molar-refractivity contribution in [1.29, 1.82) is 5.26 Å². The number of fused-ring (bicyclic) bond motifs is 3. The molecular weight excluding hydrogens is 498 g/mol. The topological polar surface area (TPSA) is 33.1 Å². The van der Waals surface area contributed by atoms with Crippen LogP contribution >= 0.6 is 0 Å². The molecular formula is C38H23N3. The lowest BCUT2D eigenvalue weighted by Crippen LogP contribution is -1.96. The zero-order valence-corrected chi connectivity index (χ0v) is 22.1. The van der Waals surface area contributed by atoms with Crippen LogP contribution in [-0.2, 0) is 0 Å². The van der Waals surface area contributed by atoms with Crippen LogP contribution in [0.5, 0.6) is 0 Å². The highest BCUT2D eigenvalue weighted by molar-refractivity contribution is 6.17. The van der Waals surface area contributed by atoms with Gasteiger partial charge in [-0.1, -0.05) is 103 Å². The minimum atomic E-state index is 0.478. The third kappa shape index (κ3) is 4.05. The highest BCUT2D eigenvalue weighted by atomic mass is 15.0. The lowest BCUT2D eigenvalue weighted by atomic mass is 9.94. The van der Waals surface area contributed by atoms with Crippen LogP contribution < -0.4 is 0 Å². The molecule has 0 saturated heterocycles. The Morgan fingerprint density at radius 1 is 0.585 bits per heavy atom. The summed E-state index contributed by atoms with van der Waals surface area (Å²) in [6.45, 7) is 7.84. The normalized spacial score (nSPS) is 10.9. The van der Waals surface area contributed by atoms with Gasteiger partial charge in [0.25, 0.3) is 0 Å². The standard InChI is InChI=1S/C38H23N3/c1-40-34-19-10-16-28(25-39)37(34)33-18-11-21-36-38(33)32-17-8-9-20-35(32)41(36)31-23-29(26-12-4-2-5-13-26)22-30(24-31)27-14-6-3-7-15-27/h2-24H. The molecule has 0 aliphatic heterocycles. The summed E-state index contributed by atoms with van der Waals surface area (Å²) in [4.78, 5) is 3.79. The third-order valence-electron chi connectivity index (χ3n) is 7.64. The predicted octanol–water partition coefficient (Wildman–Crippen LogP) is 10.2. The van der Waals surface area contributed by atoms with Crippen LogP contribution in [0.3, 0.4) is 0 Å². The summed E-state index contributed by atoms with van der Waals surface area (Å²) in [5.41, 5.74) is 10.3. The van der Waals surface area contributed by atoms with Gasteiger partial charge in [0.1, 0.15) is 0 Å². The Kier molecular flexibility index (Phi) is 5.90. The summed E-state index contributed by atoms with van der Waals surface area (Å²) in [5, 5.41) is 12.1.